The third-order valence-corrected chi connectivity index (χ3v) is 3.81. The highest BCUT2D eigenvalue weighted by Gasteiger charge is 2.19. The summed E-state index contributed by atoms with van der Waals surface area (Å²) in [5.41, 5.74) is 0.0671. The molecule has 0 aliphatic heterocycles. The topological polar surface area (TPSA) is 108 Å². The molecule has 0 aliphatic carbocycles. The molecule has 2 aromatic rings. The molecule has 7 nitrogen and oxygen atoms in total. The minimum atomic E-state index is -1.25. The van der Waals surface area contributed by atoms with Gasteiger partial charge in [0.2, 0.25) is 5.91 Å². The Morgan fingerprint density at radius 3 is 2.41 bits per heavy atom. The van der Waals surface area contributed by atoms with Crippen LogP contribution in [-0.2, 0) is 4.79 Å². The normalized spacial score (nSPS) is 11.4. The van der Waals surface area contributed by atoms with Crippen molar-refractivity contribution in [2.75, 3.05) is 10.6 Å². The lowest BCUT2D eigenvalue weighted by molar-refractivity contribution is -0.116. The van der Waals surface area contributed by atoms with E-state index in [0.717, 1.165) is 0 Å². The Morgan fingerprint density at radius 2 is 1.74 bits per heavy atom. The Balaban J connectivity index is 2.18. The summed E-state index contributed by atoms with van der Waals surface area (Å²) in [5.74, 6) is -1.83. The van der Waals surface area contributed by atoms with Crippen LogP contribution in [-0.4, -0.2) is 29.1 Å². The monoisotopic (exact) mass is 393 g/mol. The van der Waals surface area contributed by atoms with Crippen LogP contribution in [0.25, 0.3) is 0 Å². The number of carbonyl (C=O) groups is 3. The number of rotatable bonds is 6. The lowest BCUT2D eigenvalue weighted by Crippen LogP contribution is -2.34. The van der Waals surface area contributed by atoms with Crippen LogP contribution in [0.5, 0.6) is 0 Å². The number of benzene rings is 2. The Morgan fingerprint density at radius 1 is 1.07 bits per heavy atom. The number of halogens is 2. The molecule has 0 radical (unpaired) electrons. The van der Waals surface area contributed by atoms with Crippen molar-refractivity contribution in [2.24, 2.45) is 0 Å². The maximum Gasteiger partial charge on any atom is 0.404 e. The van der Waals surface area contributed by atoms with Crippen molar-refractivity contribution in [2.45, 2.75) is 19.4 Å². The van der Waals surface area contributed by atoms with E-state index in [9.17, 15) is 18.8 Å². The van der Waals surface area contributed by atoms with Gasteiger partial charge in [0.1, 0.15) is 5.82 Å². The van der Waals surface area contributed by atoms with Crippen LogP contribution in [0.4, 0.5) is 20.6 Å². The fraction of sp³-hybridized carbons (Fsp3) is 0.167. The highest BCUT2D eigenvalue weighted by Crippen LogP contribution is 2.26. The van der Waals surface area contributed by atoms with Gasteiger partial charge in [-0.3, -0.25) is 9.59 Å². The van der Waals surface area contributed by atoms with Crippen molar-refractivity contribution in [1.82, 2.24) is 5.32 Å². The van der Waals surface area contributed by atoms with E-state index in [4.69, 9.17) is 16.7 Å². The summed E-state index contributed by atoms with van der Waals surface area (Å²) >= 11 is 6.09. The van der Waals surface area contributed by atoms with Gasteiger partial charge in [-0.1, -0.05) is 29.8 Å². The molecule has 2 aromatic carbocycles. The fourth-order valence-electron chi connectivity index (χ4n) is 2.35. The van der Waals surface area contributed by atoms with Crippen molar-refractivity contribution < 1.29 is 23.9 Å². The molecule has 0 fully saturated rings. The van der Waals surface area contributed by atoms with Gasteiger partial charge < -0.3 is 21.1 Å². The molecule has 2 rings (SSSR count). The molecule has 0 aromatic heterocycles. The number of carbonyl (C=O) groups excluding carboxylic acids is 2. The van der Waals surface area contributed by atoms with Gasteiger partial charge in [0.15, 0.2) is 0 Å². The van der Waals surface area contributed by atoms with Crippen molar-refractivity contribution in [1.29, 1.82) is 0 Å². The Bertz CT molecular complexity index is 875. The van der Waals surface area contributed by atoms with Crippen LogP contribution >= 0.6 is 11.6 Å². The van der Waals surface area contributed by atoms with E-state index in [1.165, 1.54) is 43.3 Å². The molecular weight excluding hydrogens is 377 g/mol. The Hall–Kier alpha value is -3.13. The first-order valence-electron chi connectivity index (χ1n) is 7.91. The number of para-hydroxylation sites is 1. The van der Waals surface area contributed by atoms with E-state index >= 15 is 0 Å². The zero-order valence-electron chi connectivity index (χ0n) is 14.3. The molecule has 142 valence electrons. The number of anilines is 2. The van der Waals surface area contributed by atoms with Crippen LogP contribution in [0.3, 0.4) is 0 Å². The van der Waals surface area contributed by atoms with E-state index in [1.54, 1.807) is 6.07 Å². The van der Waals surface area contributed by atoms with Crippen molar-refractivity contribution >= 4 is 40.9 Å². The first kappa shape index (κ1) is 20.2. The highest BCUT2D eigenvalue weighted by molar-refractivity contribution is 6.35. The maximum atomic E-state index is 13.8. The summed E-state index contributed by atoms with van der Waals surface area (Å²) in [4.78, 5) is 35.3. The maximum absolute atomic E-state index is 13.8. The number of hydrogen-bond acceptors (Lipinski definition) is 3. The molecule has 0 saturated heterocycles. The van der Waals surface area contributed by atoms with Gasteiger partial charge in [-0.05, 0) is 31.2 Å². The average Bonchev–Trinajstić information content (AvgIpc) is 2.56. The van der Waals surface area contributed by atoms with Gasteiger partial charge in [-0.25, -0.2) is 9.18 Å². The summed E-state index contributed by atoms with van der Waals surface area (Å²) in [7, 11) is 0. The van der Waals surface area contributed by atoms with Crippen LogP contribution in [0.2, 0.25) is 5.02 Å². The third kappa shape index (κ3) is 5.68. The van der Waals surface area contributed by atoms with E-state index in [2.05, 4.69) is 16.0 Å². The molecule has 0 bridgehead atoms. The number of hydrogen-bond donors (Lipinski definition) is 4. The van der Waals surface area contributed by atoms with Crippen LogP contribution < -0.4 is 16.0 Å². The molecule has 9 heteroatoms. The van der Waals surface area contributed by atoms with Crippen molar-refractivity contribution in [3.05, 3.63) is 58.9 Å². The van der Waals surface area contributed by atoms with Gasteiger partial charge in [0.25, 0.3) is 5.91 Å². The lowest BCUT2D eigenvalue weighted by atomic mass is 10.1. The first-order valence-corrected chi connectivity index (χ1v) is 8.29. The number of carboxylic acid groups (broad SMARTS) is 1. The molecule has 0 aliphatic rings. The second kappa shape index (κ2) is 9.00. The number of amides is 3. The third-order valence-electron chi connectivity index (χ3n) is 3.50. The van der Waals surface area contributed by atoms with Gasteiger partial charge in [0, 0.05) is 12.5 Å². The van der Waals surface area contributed by atoms with E-state index in [-0.39, 0.29) is 28.4 Å². The minimum absolute atomic E-state index is 0.0287. The Kier molecular flexibility index (Phi) is 6.73. The smallest absolute Gasteiger partial charge is 0.404 e. The van der Waals surface area contributed by atoms with E-state index in [0.29, 0.717) is 0 Å². The largest absolute Gasteiger partial charge is 0.465 e. The molecule has 0 saturated carbocycles. The van der Waals surface area contributed by atoms with Crippen LogP contribution in [0.1, 0.15) is 23.7 Å². The first-order chi connectivity index (χ1) is 12.8. The van der Waals surface area contributed by atoms with Crippen LogP contribution in [0, 0.1) is 5.82 Å². The lowest BCUT2D eigenvalue weighted by Gasteiger charge is -2.15. The van der Waals surface area contributed by atoms with Gasteiger partial charge >= 0.3 is 6.09 Å². The molecule has 27 heavy (non-hydrogen) atoms. The predicted octanol–water partition coefficient (Wildman–Crippen LogP) is 3.72. The van der Waals surface area contributed by atoms with E-state index in [1.807, 2.05) is 0 Å². The fourth-order valence-corrected chi connectivity index (χ4v) is 2.61. The second-order valence-corrected chi connectivity index (χ2v) is 6.11. The summed E-state index contributed by atoms with van der Waals surface area (Å²) < 4.78 is 13.8. The Labute approximate surface area is 159 Å². The summed E-state index contributed by atoms with van der Waals surface area (Å²) in [6, 6.07) is 9.47. The quantitative estimate of drug-likeness (QED) is 0.600. The van der Waals surface area contributed by atoms with Gasteiger partial charge in [0.05, 0.1) is 22.0 Å². The zero-order chi connectivity index (χ0) is 20.0. The molecule has 0 spiro atoms. The van der Waals surface area contributed by atoms with Crippen LogP contribution in [0.15, 0.2) is 42.5 Å². The van der Waals surface area contributed by atoms with E-state index < -0.39 is 29.8 Å². The molecule has 4 N–H and O–H groups in total. The summed E-state index contributed by atoms with van der Waals surface area (Å²) in [6.07, 6.45) is -1.39. The average molecular weight is 394 g/mol. The molecule has 0 heterocycles. The number of nitrogens with one attached hydrogen (secondary N) is 3. The zero-order valence-corrected chi connectivity index (χ0v) is 15.0. The molecule has 3 amide bonds. The summed E-state index contributed by atoms with van der Waals surface area (Å²) in [5, 5.41) is 15.8. The predicted molar refractivity (Wildman–Crippen MR) is 99.7 cm³/mol. The second-order valence-electron chi connectivity index (χ2n) is 5.70. The SMILES string of the molecule is CC(CC(=O)Nc1cccc(Cl)c1C(=O)Nc1ccccc1F)NC(=O)O. The molecule has 1 unspecified atom stereocenters. The molecule has 1 atom stereocenters. The minimum Gasteiger partial charge on any atom is -0.465 e. The van der Waals surface area contributed by atoms with Gasteiger partial charge in [-0.2, -0.15) is 0 Å². The molecular formula is C18H17ClFN3O4. The standard InChI is InChI=1S/C18H17ClFN3O4/c1-10(21-18(26)27)9-15(24)22-14-8-4-5-11(19)16(14)17(25)23-13-7-3-2-6-12(13)20/h2-8,10,21H,9H2,1H3,(H,22,24)(H,23,25)(H,26,27). The van der Waals surface area contributed by atoms with Crippen molar-refractivity contribution in [3.8, 4) is 0 Å². The summed E-state index contributed by atoms with van der Waals surface area (Å²) in [6.45, 7) is 1.53. The van der Waals surface area contributed by atoms with Crippen molar-refractivity contribution in [3.63, 3.8) is 0 Å². The highest BCUT2D eigenvalue weighted by atomic mass is 35.5. The van der Waals surface area contributed by atoms with Gasteiger partial charge in [-0.15, -0.1) is 0 Å².